The fourth-order valence-electron chi connectivity index (χ4n) is 2.73. The lowest BCUT2D eigenvalue weighted by molar-refractivity contribution is 0.0954. The second-order valence-corrected chi connectivity index (χ2v) is 7.93. The molecule has 3 aromatic carbocycles. The van der Waals surface area contributed by atoms with Crippen molar-refractivity contribution in [3.05, 3.63) is 83.9 Å². The summed E-state index contributed by atoms with van der Waals surface area (Å²) >= 11 is 0. The first-order valence-corrected chi connectivity index (χ1v) is 11.1. The quantitative estimate of drug-likeness (QED) is 0.301. The number of nitrogens with zero attached hydrogens (tertiary/aromatic N) is 1. The number of nitrogens with one attached hydrogen (secondary N) is 1. The highest BCUT2D eigenvalue weighted by Gasteiger charge is 2.17. The second kappa shape index (κ2) is 10.5. The zero-order chi connectivity index (χ0) is 23.0. The summed E-state index contributed by atoms with van der Waals surface area (Å²) < 4.78 is 40.9. The van der Waals surface area contributed by atoms with Gasteiger partial charge in [0.05, 0.1) is 19.9 Å². The summed E-state index contributed by atoms with van der Waals surface area (Å²) in [5.74, 6) is 0.559. The topological polar surface area (TPSA) is 103 Å². The Kier molecular flexibility index (Phi) is 7.45. The van der Waals surface area contributed by atoms with Crippen LogP contribution in [0.25, 0.3) is 0 Å². The van der Waals surface area contributed by atoms with Crippen LogP contribution in [0.15, 0.2) is 82.8 Å². The van der Waals surface area contributed by atoms with E-state index in [1.165, 1.54) is 31.5 Å². The highest BCUT2D eigenvalue weighted by Crippen LogP contribution is 2.28. The highest BCUT2D eigenvalue weighted by atomic mass is 32.2. The van der Waals surface area contributed by atoms with Gasteiger partial charge in [0.15, 0.2) is 17.2 Å². The average Bonchev–Trinajstić information content (AvgIpc) is 2.81. The molecule has 1 amide bonds. The lowest BCUT2D eigenvalue weighted by Crippen LogP contribution is -2.18. The predicted octanol–water partition coefficient (Wildman–Crippen LogP) is 3.63. The molecule has 0 saturated heterocycles. The molecule has 0 saturated carbocycles. The molecule has 0 atom stereocenters. The van der Waals surface area contributed by atoms with E-state index in [9.17, 15) is 13.2 Å². The van der Waals surface area contributed by atoms with Crippen molar-refractivity contribution >= 4 is 22.2 Å². The van der Waals surface area contributed by atoms with Crippen LogP contribution in [-0.2, 0) is 10.1 Å². The molecule has 1 N–H and O–H groups in total. The van der Waals surface area contributed by atoms with Gasteiger partial charge in [-0.05, 0) is 49.4 Å². The highest BCUT2D eigenvalue weighted by molar-refractivity contribution is 7.87. The first-order chi connectivity index (χ1) is 15.4. The predicted molar refractivity (Wildman–Crippen MR) is 120 cm³/mol. The van der Waals surface area contributed by atoms with Gasteiger partial charge in [0.25, 0.3) is 5.91 Å². The molecule has 0 aliphatic heterocycles. The molecule has 0 spiro atoms. The van der Waals surface area contributed by atoms with Crippen LogP contribution in [0, 0.1) is 0 Å². The molecular weight excluding hydrogens is 432 g/mol. The van der Waals surface area contributed by atoms with E-state index in [2.05, 4.69) is 10.5 Å². The Morgan fingerprint density at radius 3 is 2.41 bits per heavy atom. The van der Waals surface area contributed by atoms with Gasteiger partial charge in [0.2, 0.25) is 0 Å². The van der Waals surface area contributed by atoms with Crippen molar-refractivity contribution < 1.29 is 26.9 Å². The van der Waals surface area contributed by atoms with Crippen molar-refractivity contribution in [3.8, 4) is 17.2 Å². The van der Waals surface area contributed by atoms with Gasteiger partial charge < -0.3 is 13.7 Å². The van der Waals surface area contributed by atoms with E-state index in [0.29, 0.717) is 29.2 Å². The van der Waals surface area contributed by atoms with Crippen molar-refractivity contribution in [1.82, 2.24) is 5.43 Å². The zero-order valence-corrected chi connectivity index (χ0v) is 18.3. The maximum atomic E-state index is 12.5. The van der Waals surface area contributed by atoms with Crippen LogP contribution < -0.4 is 19.1 Å². The first kappa shape index (κ1) is 22.8. The van der Waals surface area contributed by atoms with E-state index in [1.807, 2.05) is 6.92 Å². The van der Waals surface area contributed by atoms with Crippen LogP contribution in [0.4, 0.5) is 0 Å². The Morgan fingerprint density at radius 2 is 1.69 bits per heavy atom. The van der Waals surface area contributed by atoms with E-state index in [0.717, 1.165) is 0 Å². The third-order valence-electron chi connectivity index (χ3n) is 4.25. The zero-order valence-electron chi connectivity index (χ0n) is 17.5. The van der Waals surface area contributed by atoms with Crippen LogP contribution >= 0.6 is 0 Å². The molecular formula is C23H22N2O6S. The van der Waals surface area contributed by atoms with Gasteiger partial charge >= 0.3 is 10.1 Å². The van der Waals surface area contributed by atoms with Crippen LogP contribution in [0.2, 0.25) is 0 Å². The summed E-state index contributed by atoms with van der Waals surface area (Å²) in [5, 5.41) is 3.92. The number of benzene rings is 3. The molecule has 3 rings (SSSR count). The van der Waals surface area contributed by atoms with E-state index in [-0.39, 0.29) is 10.6 Å². The summed E-state index contributed by atoms with van der Waals surface area (Å²) in [5.41, 5.74) is 3.09. The van der Waals surface area contributed by atoms with E-state index in [1.54, 1.807) is 54.6 Å². The minimum atomic E-state index is -4.01. The normalized spacial score (nSPS) is 11.2. The van der Waals surface area contributed by atoms with Crippen molar-refractivity contribution in [2.24, 2.45) is 5.10 Å². The number of carbonyl (C=O) groups is 1. The fourth-order valence-corrected chi connectivity index (χ4v) is 3.70. The molecule has 0 fully saturated rings. The lowest BCUT2D eigenvalue weighted by atomic mass is 10.2. The molecule has 0 radical (unpaired) electrons. The van der Waals surface area contributed by atoms with Crippen molar-refractivity contribution in [2.75, 3.05) is 13.7 Å². The van der Waals surface area contributed by atoms with Crippen molar-refractivity contribution in [3.63, 3.8) is 0 Å². The monoisotopic (exact) mass is 454 g/mol. The summed E-state index contributed by atoms with van der Waals surface area (Å²) in [7, 11) is -2.53. The SMILES string of the molecule is CCOc1ccc(C(=O)N/N=C/c2ccccc2OS(=O)(=O)c2ccccc2)cc1OC. The number of hydrazone groups is 1. The molecule has 0 bridgehead atoms. The Hall–Kier alpha value is -3.85. The Balaban J connectivity index is 1.73. The van der Waals surface area contributed by atoms with Crippen LogP contribution in [-0.4, -0.2) is 34.3 Å². The fraction of sp³-hybridized carbons (Fsp3) is 0.130. The Morgan fingerprint density at radius 1 is 0.969 bits per heavy atom. The molecule has 9 heteroatoms. The third kappa shape index (κ3) is 5.64. The van der Waals surface area contributed by atoms with E-state index < -0.39 is 16.0 Å². The number of methoxy groups -OCH3 is 1. The third-order valence-corrected chi connectivity index (χ3v) is 5.49. The van der Waals surface area contributed by atoms with E-state index in [4.69, 9.17) is 13.7 Å². The number of hydrogen-bond donors (Lipinski definition) is 1. The molecule has 3 aromatic rings. The lowest BCUT2D eigenvalue weighted by Gasteiger charge is -2.10. The van der Waals surface area contributed by atoms with Gasteiger partial charge in [-0.2, -0.15) is 13.5 Å². The maximum absolute atomic E-state index is 12.5. The van der Waals surface area contributed by atoms with E-state index >= 15 is 0 Å². The molecule has 0 heterocycles. The number of rotatable bonds is 9. The Labute approximate surface area is 186 Å². The smallest absolute Gasteiger partial charge is 0.339 e. The largest absolute Gasteiger partial charge is 0.493 e. The van der Waals surface area contributed by atoms with Gasteiger partial charge in [-0.3, -0.25) is 4.79 Å². The van der Waals surface area contributed by atoms with Gasteiger partial charge in [-0.1, -0.05) is 30.3 Å². The molecule has 0 aromatic heterocycles. The number of amides is 1. The van der Waals surface area contributed by atoms with Crippen molar-refractivity contribution in [2.45, 2.75) is 11.8 Å². The molecule has 0 aliphatic rings. The van der Waals surface area contributed by atoms with Gasteiger partial charge in [0, 0.05) is 11.1 Å². The standard InChI is InChI=1S/C23H22N2O6S/c1-3-30-21-14-13-17(15-22(21)29-2)23(26)25-24-16-18-9-7-8-12-20(18)31-32(27,28)19-10-5-4-6-11-19/h4-16H,3H2,1-2H3,(H,25,26)/b24-16+. The maximum Gasteiger partial charge on any atom is 0.339 e. The minimum Gasteiger partial charge on any atom is -0.493 e. The van der Waals surface area contributed by atoms with Crippen molar-refractivity contribution in [1.29, 1.82) is 0 Å². The molecule has 32 heavy (non-hydrogen) atoms. The number of para-hydroxylation sites is 1. The molecule has 166 valence electrons. The summed E-state index contributed by atoms with van der Waals surface area (Å²) in [6.07, 6.45) is 1.31. The summed E-state index contributed by atoms with van der Waals surface area (Å²) in [6.45, 7) is 2.31. The number of hydrogen-bond acceptors (Lipinski definition) is 7. The number of ether oxygens (including phenoxy) is 2. The molecule has 0 aliphatic carbocycles. The molecule has 0 unspecified atom stereocenters. The van der Waals surface area contributed by atoms with Crippen LogP contribution in [0.3, 0.4) is 0 Å². The first-order valence-electron chi connectivity index (χ1n) is 9.67. The van der Waals surface area contributed by atoms with Gasteiger partial charge in [-0.25, -0.2) is 5.43 Å². The molecule has 8 nitrogen and oxygen atoms in total. The van der Waals surface area contributed by atoms with Gasteiger partial charge in [-0.15, -0.1) is 0 Å². The number of carbonyl (C=O) groups excluding carboxylic acids is 1. The minimum absolute atomic E-state index is 0.0319. The van der Waals surface area contributed by atoms with Gasteiger partial charge in [0.1, 0.15) is 4.90 Å². The second-order valence-electron chi connectivity index (χ2n) is 6.39. The summed E-state index contributed by atoms with van der Waals surface area (Å²) in [6, 6.07) is 19.0. The Bertz CT molecular complexity index is 1210. The van der Waals surface area contributed by atoms with Crippen LogP contribution in [0.1, 0.15) is 22.8 Å². The average molecular weight is 455 g/mol. The van der Waals surface area contributed by atoms with Crippen LogP contribution in [0.5, 0.6) is 17.2 Å². The summed E-state index contributed by atoms with van der Waals surface area (Å²) in [4.78, 5) is 12.5.